The van der Waals surface area contributed by atoms with E-state index >= 15 is 0 Å². The van der Waals surface area contributed by atoms with Gasteiger partial charge >= 0.3 is 0 Å². The van der Waals surface area contributed by atoms with Crippen molar-refractivity contribution in [2.24, 2.45) is 0 Å². The number of hydrogen-bond donors (Lipinski definition) is 1. The number of nitrogens with one attached hydrogen (secondary N) is 1. The highest BCUT2D eigenvalue weighted by molar-refractivity contribution is 5.58. The zero-order valence-corrected chi connectivity index (χ0v) is 14.5. The van der Waals surface area contributed by atoms with Crippen molar-refractivity contribution in [1.82, 2.24) is 24.7 Å². The third kappa shape index (κ3) is 3.35. The molecule has 0 radical (unpaired) electrons. The molecule has 6 heteroatoms. The number of aromatic nitrogens is 5. The fourth-order valence-electron chi connectivity index (χ4n) is 2.83. The van der Waals surface area contributed by atoms with Crippen molar-refractivity contribution in [3.8, 4) is 28.8 Å². The van der Waals surface area contributed by atoms with Crippen LogP contribution in [0.2, 0.25) is 0 Å². The molecule has 0 aliphatic rings. The maximum absolute atomic E-state index is 5.19. The van der Waals surface area contributed by atoms with E-state index in [4.69, 9.17) is 4.74 Å². The van der Waals surface area contributed by atoms with Crippen molar-refractivity contribution < 1.29 is 4.74 Å². The minimum absolute atomic E-state index is 0.639. The van der Waals surface area contributed by atoms with Crippen LogP contribution in [0, 0.1) is 0 Å². The standard InChI is InChI=1S/C20H19N5O/c1-26-17-9-7-16(8-10-17)18-22-19(24-23-18)20-21-12-14-25(20)13-11-15-5-3-2-4-6-15/h2-10,12,14H,11,13H2,1H3,(H,22,23,24). The Morgan fingerprint density at radius 3 is 2.62 bits per heavy atom. The second kappa shape index (κ2) is 7.23. The van der Waals surface area contributed by atoms with Gasteiger partial charge in [-0.15, -0.1) is 0 Å². The highest BCUT2D eigenvalue weighted by atomic mass is 16.5. The molecule has 0 aliphatic heterocycles. The average Bonchev–Trinajstić information content (AvgIpc) is 3.36. The summed E-state index contributed by atoms with van der Waals surface area (Å²) in [5.74, 6) is 2.89. The molecule has 26 heavy (non-hydrogen) atoms. The lowest BCUT2D eigenvalue weighted by Gasteiger charge is -2.06. The van der Waals surface area contributed by atoms with Crippen LogP contribution in [-0.2, 0) is 13.0 Å². The summed E-state index contributed by atoms with van der Waals surface area (Å²) < 4.78 is 7.27. The molecule has 4 rings (SSSR count). The molecule has 2 aromatic heterocycles. The van der Waals surface area contributed by atoms with Crippen molar-refractivity contribution in [1.29, 1.82) is 0 Å². The first kappa shape index (κ1) is 16.1. The number of nitrogens with zero attached hydrogens (tertiary/aromatic N) is 4. The molecule has 4 aromatic rings. The zero-order valence-electron chi connectivity index (χ0n) is 14.5. The summed E-state index contributed by atoms with van der Waals surface area (Å²) in [6.07, 6.45) is 4.69. The van der Waals surface area contributed by atoms with Gasteiger partial charge in [0, 0.05) is 24.5 Å². The van der Waals surface area contributed by atoms with Gasteiger partial charge < -0.3 is 9.30 Å². The van der Waals surface area contributed by atoms with Gasteiger partial charge in [0.2, 0.25) is 0 Å². The Balaban J connectivity index is 1.53. The summed E-state index contributed by atoms with van der Waals surface area (Å²) in [7, 11) is 1.65. The van der Waals surface area contributed by atoms with Gasteiger partial charge in [0.1, 0.15) is 5.75 Å². The van der Waals surface area contributed by atoms with E-state index in [2.05, 4.69) is 49.0 Å². The van der Waals surface area contributed by atoms with Crippen LogP contribution in [0.5, 0.6) is 5.75 Å². The summed E-state index contributed by atoms with van der Waals surface area (Å²) in [6, 6.07) is 18.1. The van der Waals surface area contributed by atoms with E-state index in [-0.39, 0.29) is 0 Å². The van der Waals surface area contributed by atoms with Crippen molar-refractivity contribution >= 4 is 0 Å². The van der Waals surface area contributed by atoms with Crippen LogP contribution in [0.4, 0.5) is 0 Å². The maximum Gasteiger partial charge on any atom is 0.192 e. The molecule has 2 aromatic carbocycles. The van der Waals surface area contributed by atoms with Crippen LogP contribution in [-0.4, -0.2) is 31.8 Å². The molecule has 2 heterocycles. The summed E-state index contributed by atoms with van der Waals surface area (Å²) in [5, 5.41) is 7.33. The van der Waals surface area contributed by atoms with Gasteiger partial charge in [0.05, 0.1) is 7.11 Å². The SMILES string of the molecule is COc1ccc(-c2n[nH]c(-c3nccn3CCc3ccccc3)n2)cc1. The fraction of sp³-hybridized carbons (Fsp3) is 0.150. The molecule has 0 saturated heterocycles. The predicted molar refractivity (Wildman–Crippen MR) is 99.7 cm³/mol. The minimum Gasteiger partial charge on any atom is -0.497 e. The monoisotopic (exact) mass is 345 g/mol. The van der Waals surface area contributed by atoms with Crippen molar-refractivity contribution in [2.45, 2.75) is 13.0 Å². The Morgan fingerprint density at radius 1 is 1.04 bits per heavy atom. The lowest BCUT2D eigenvalue weighted by atomic mass is 10.1. The van der Waals surface area contributed by atoms with Crippen LogP contribution in [0.3, 0.4) is 0 Å². The molecule has 0 saturated carbocycles. The van der Waals surface area contributed by atoms with E-state index in [1.165, 1.54) is 5.56 Å². The highest BCUT2D eigenvalue weighted by Crippen LogP contribution is 2.21. The van der Waals surface area contributed by atoms with Crippen LogP contribution in [0.25, 0.3) is 23.0 Å². The van der Waals surface area contributed by atoms with E-state index in [1.807, 2.05) is 36.5 Å². The van der Waals surface area contributed by atoms with Crippen LogP contribution < -0.4 is 4.74 Å². The minimum atomic E-state index is 0.639. The molecule has 0 bridgehead atoms. The fourth-order valence-corrected chi connectivity index (χ4v) is 2.83. The van der Waals surface area contributed by atoms with Crippen LogP contribution >= 0.6 is 0 Å². The molecule has 130 valence electrons. The van der Waals surface area contributed by atoms with Gasteiger partial charge in [0.15, 0.2) is 17.5 Å². The Bertz CT molecular complexity index is 973. The Labute approximate surface area is 151 Å². The normalized spacial score (nSPS) is 10.8. The Morgan fingerprint density at radius 2 is 1.85 bits per heavy atom. The maximum atomic E-state index is 5.19. The highest BCUT2D eigenvalue weighted by Gasteiger charge is 2.12. The molecule has 0 unspecified atom stereocenters. The van der Waals surface area contributed by atoms with Crippen molar-refractivity contribution in [3.05, 3.63) is 72.6 Å². The summed E-state index contributed by atoms with van der Waals surface area (Å²) >= 11 is 0. The lowest BCUT2D eigenvalue weighted by molar-refractivity contribution is 0.415. The average molecular weight is 345 g/mol. The second-order valence-electron chi connectivity index (χ2n) is 5.92. The smallest absolute Gasteiger partial charge is 0.192 e. The van der Waals surface area contributed by atoms with Crippen LogP contribution in [0.15, 0.2) is 67.0 Å². The number of benzene rings is 2. The molecule has 0 spiro atoms. The van der Waals surface area contributed by atoms with Crippen molar-refractivity contribution in [3.63, 3.8) is 0 Å². The summed E-state index contributed by atoms with van der Waals surface area (Å²) in [5.41, 5.74) is 2.22. The van der Waals surface area contributed by atoms with Gasteiger partial charge in [-0.05, 0) is 36.2 Å². The Kier molecular flexibility index (Phi) is 4.47. The quantitative estimate of drug-likeness (QED) is 0.580. The number of rotatable bonds is 6. The molecule has 0 fully saturated rings. The van der Waals surface area contributed by atoms with E-state index in [1.54, 1.807) is 13.3 Å². The molecule has 1 N–H and O–H groups in total. The summed E-state index contributed by atoms with van der Waals surface area (Å²) in [6.45, 7) is 0.831. The first-order valence-electron chi connectivity index (χ1n) is 8.46. The molecular weight excluding hydrogens is 326 g/mol. The third-order valence-electron chi connectivity index (χ3n) is 4.25. The first-order valence-corrected chi connectivity index (χ1v) is 8.46. The van der Waals surface area contributed by atoms with E-state index in [0.29, 0.717) is 11.6 Å². The molecule has 6 nitrogen and oxygen atoms in total. The second-order valence-corrected chi connectivity index (χ2v) is 5.92. The topological polar surface area (TPSA) is 68.6 Å². The van der Waals surface area contributed by atoms with Crippen LogP contribution in [0.1, 0.15) is 5.56 Å². The Hall–Kier alpha value is -3.41. The van der Waals surface area contributed by atoms with Gasteiger partial charge in [0.25, 0.3) is 0 Å². The number of ether oxygens (including phenoxy) is 1. The summed E-state index contributed by atoms with van der Waals surface area (Å²) in [4.78, 5) is 9.05. The zero-order chi connectivity index (χ0) is 17.8. The van der Waals surface area contributed by atoms with Crippen molar-refractivity contribution in [2.75, 3.05) is 7.11 Å². The largest absolute Gasteiger partial charge is 0.497 e. The number of hydrogen-bond acceptors (Lipinski definition) is 4. The molecule has 0 aliphatic carbocycles. The van der Waals surface area contributed by atoms with Gasteiger partial charge in [-0.2, -0.15) is 5.10 Å². The number of aromatic amines is 1. The third-order valence-corrected chi connectivity index (χ3v) is 4.25. The molecule has 0 atom stereocenters. The molecular formula is C20H19N5O. The number of H-pyrrole nitrogens is 1. The van der Waals surface area contributed by atoms with Gasteiger partial charge in [-0.3, -0.25) is 5.10 Å². The van der Waals surface area contributed by atoms with E-state index in [0.717, 1.165) is 30.1 Å². The van der Waals surface area contributed by atoms with E-state index in [9.17, 15) is 0 Å². The van der Waals surface area contributed by atoms with Gasteiger partial charge in [-0.1, -0.05) is 30.3 Å². The lowest BCUT2D eigenvalue weighted by Crippen LogP contribution is -2.03. The number of aryl methyl sites for hydroxylation is 2. The molecule has 0 amide bonds. The van der Waals surface area contributed by atoms with E-state index < -0.39 is 0 Å². The number of imidazole rings is 1. The predicted octanol–water partition coefficient (Wildman–Crippen LogP) is 3.59. The van der Waals surface area contributed by atoms with Gasteiger partial charge in [-0.25, -0.2) is 9.97 Å². The number of methoxy groups -OCH3 is 1. The first-order chi connectivity index (χ1) is 12.8.